The van der Waals surface area contributed by atoms with Crippen molar-refractivity contribution in [3.8, 4) is 0 Å². The number of esters is 1. The van der Waals surface area contributed by atoms with Gasteiger partial charge in [-0.1, -0.05) is 25.1 Å². The number of carbonyl (C=O) groups excluding carboxylic acids is 1. The van der Waals surface area contributed by atoms with Gasteiger partial charge in [-0.2, -0.15) is 0 Å². The van der Waals surface area contributed by atoms with Crippen LogP contribution in [0.5, 0.6) is 0 Å². The lowest BCUT2D eigenvalue weighted by Gasteiger charge is -2.57. The van der Waals surface area contributed by atoms with Gasteiger partial charge in [-0.15, -0.1) is 0 Å². The minimum Gasteiger partial charge on any atom is -0.465 e. The topological polar surface area (TPSA) is 53.0 Å². The number of hydrogen-bond donors (Lipinski definition) is 1. The second kappa shape index (κ2) is 5.26. The third kappa shape index (κ3) is 1.77. The number of methoxy groups -OCH3 is 1. The molecule has 1 N–H and O–H groups in total. The van der Waals surface area contributed by atoms with E-state index in [-0.39, 0.29) is 11.3 Å². The van der Waals surface area contributed by atoms with E-state index in [0.29, 0.717) is 6.42 Å². The van der Waals surface area contributed by atoms with E-state index in [1.807, 2.05) is 17.0 Å². The average Bonchev–Trinajstić information content (AvgIpc) is 3.02. The standard InChI is InChI=1S/C21H26N2O3/c1-3-20-10-6-11-22-12-9-15-14-7-4-5-8-16(14)23(17(15)18(20)22)21(25,13-20)19(24)26-2/h4-5,7-8,15,25H,3,6,9-13H2,1-2H3/t15?,20-,21-/m1/s1. The normalized spacial score (nSPS) is 34.5. The van der Waals surface area contributed by atoms with Gasteiger partial charge < -0.3 is 19.6 Å². The molecule has 1 unspecified atom stereocenters. The van der Waals surface area contributed by atoms with Crippen LogP contribution in [0.15, 0.2) is 35.7 Å². The smallest absolute Gasteiger partial charge is 0.359 e. The Hall–Kier alpha value is -2.01. The molecule has 5 heteroatoms. The first-order valence-corrected chi connectivity index (χ1v) is 9.75. The SMILES string of the molecule is CC[C@]12CCCN3CCC4C(=C31)N(c1ccccc14)[C@](O)(C(=O)OC)C2. The van der Waals surface area contributed by atoms with Crippen LogP contribution in [0.25, 0.3) is 0 Å². The fraction of sp³-hybridized carbons (Fsp3) is 0.571. The predicted molar refractivity (Wildman–Crippen MR) is 98.4 cm³/mol. The van der Waals surface area contributed by atoms with Gasteiger partial charge in [0.2, 0.25) is 5.72 Å². The van der Waals surface area contributed by atoms with Crippen molar-refractivity contribution in [2.45, 2.75) is 50.7 Å². The van der Waals surface area contributed by atoms with Crippen molar-refractivity contribution in [1.82, 2.24) is 4.90 Å². The van der Waals surface area contributed by atoms with Crippen LogP contribution in [0.2, 0.25) is 0 Å². The number of anilines is 1. The van der Waals surface area contributed by atoms with Gasteiger partial charge in [0.25, 0.3) is 0 Å². The zero-order valence-corrected chi connectivity index (χ0v) is 15.5. The maximum Gasteiger partial charge on any atom is 0.359 e. The van der Waals surface area contributed by atoms with E-state index < -0.39 is 11.7 Å². The van der Waals surface area contributed by atoms with Crippen LogP contribution in [0.3, 0.4) is 0 Å². The first-order chi connectivity index (χ1) is 12.6. The molecule has 5 rings (SSSR count). The summed E-state index contributed by atoms with van der Waals surface area (Å²) in [5.74, 6) is -0.284. The molecule has 138 valence electrons. The van der Waals surface area contributed by atoms with Crippen molar-refractivity contribution in [2.24, 2.45) is 5.41 Å². The van der Waals surface area contributed by atoms with Crippen molar-refractivity contribution in [2.75, 3.05) is 25.1 Å². The van der Waals surface area contributed by atoms with Crippen molar-refractivity contribution in [1.29, 1.82) is 0 Å². The molecule has 0 bridgehead atoms. The van der Waals surface area contributed by atoms with Crippen molar-refractivity contribution < 1.29 is 14.6 Å². The quantitative estimate of drug-likeness (QED) is 0.828. The number of hydrogen-bond acceptors (Lipinski definition) is 5. The van der Waals surface area contributed by atoms with Gasteiger partial charge in [-0.05, 0) is 37.3 Å². The second-order valence-corrected chi connectivity index (χ2v) is 8.18. The van der Waals surface area contributed by atoms with Crippen molar-refractivity contribution in [3.05, 3.63) is 41.2 Å². The Morgan fingerprint density at radius 1 is 1.35 bits per heavy atom. The summed E-state index contributed by atoms with van der Waals surface area (Å²) in [6.07, 6.45) is 4.50. The van der Waals surface area contributed by atoms with E-state index in [4.69, 9.17) is 4.74 Å². The minimum atomic E-state index is -1.63. The van der Waals surface area contributed by atoms with Crippen LogP contribution < -0.4 is 4.90 Å². The van der Waals surface area contributed by atoms with E-state index in [2.05, 4.69) is 24.0 Å². The monoisotopic (exact) mass is 354 g/mol. The van der Waals surface area contributed by atoms with E-state index >= 15 is 0 Å². The van der Waals surface area contributed by atoms with E-state index in [1.165, 1.54) is 18.4 Å². The molecule has 3 atom stereocenters. The molecule has 4 aliphatic heterocycles. The van der Waals surface area contributed by atoms with E-state index in [0.717, 1.165) is 50.2 Å². The maximum atomic E-state index is 12.8. The highest BCUT2D eigenvalue weighted by Gasteiger charge is 2.62. The molecule has 4 aliphatic rings. The summed E-state index contributed by atoms with van der Waals surface area (Å²) in [5, 5.41) is 11.7. The Kier molecular flexibility index (Phi) is 3.27. The summed E-state index contributed by atoms with van der Waals surface area (Å²) in [7, 11) is 1.37. The van der Waals surface area contributed by atoms with Gasteiger partial charge in [0, 0.05) is 47.9 Å². The molecule has 26 heavy (non-hydrogen) atoms. The number of aliphatic hydroxyl groups is 1. The van der Waals surface area contributed by atoms with Gasteiger partial charge in [-0.25, -0.2) is 4.79 Å². The molecule has 0 amide bonds. The summed E-state index contributed by atoms with van der Waals surface area (Å²) in [6, 6.07) is 8.22. The number of rotatable bonds is 2. The zero-order valence-electron chi connectivity index (χ0n) is 15.5. The third-order valence-corrected chi connectivity index (χ3v) is 7.10. The molecule has 0 saturated carbocycles. The Morgan fingerprint density at radius 3 is 2.92 bits per heavy atom. The second-order valence-electron chi connectivity index (χ2n) is 8.18. The maximum absolute atomic E-state index is 12.8. The predicted octanol–water partition coefficient (Wildman–Crippen LogP) is 2.96. The number of nitrogens with zero attached hydrogens (tertiary/aromatic N) is 2. The Bertz CT molecular complexity index is 819. The van der Waals surface area contributed by atoms with Crippen LogP contribution in [0.1, 0.15) is 50.5 Å². The largest absolute Gasteiger partial charge is 0.465 e. The Morgan fingerprint density at radius 2 is 2.15 bits per heavy atom. The van der Waals surface area contributed by atoms with Gasteiger partial charge >= 0.3 is 5.97 Å². The fourth-order valence-electron chi connectivity index (χ4n) is 6.02. The molecule has 1 aromatic carbocycles. The van der Waals surface area contributed by atoms with Gasteiger partial charge in [-0.3, -0.25) is 0 Å². The van der Waals surface area contributed by atoms with Crippen LogP contribution in [-0.2, 0) is 9.53 Å². The van der Waals surface area contributed by atoms with Gasteiger partial charge in [0.1, 0.15) is 0 Å². The fourth-order valence-corrected chi connectivity index (χ4v) is 6.02. The molecule has 1 fully saturated rings. The minimum absolute atomic E-state index is 0.145. The number of carbonyl (C=O) groups is 1. The number of fused-ring (bicyclic) bond motifs is 3. The zero-order chi connectivity index (χ0) is 18.1. The first-order valence-electron chi connectivity index (χ1n) is 9.75. The summed E-state index contributed by atoms with van der Waals surface area (Å²) < 4.78 is 5.10. The highest BCUT2D eigenvalue weighted by atomic mass is 16.5. The van der Waals surface area contributed by atoms with E-state index in [1.54, 1.807) is 0 Å². The number of allylic oxidation sites excluding steroid dienone is 2. The molecular formula is C21H26N2O3. The lowest BCUT2D eigenvalue weighted by atomic mass is 9.64. The molecule has 0 aliphatic carbocycles. The highest BCUT2D eigenvalue weighted by molar-refractivity contribution is 5.88. The Balaban J connectivity index is 1.83. The van der Waals surface area contributed by atoms with Crippen LogP contribution >= 0.6 is 0 Å². The first kappa shape index (κ1) is 16.2. The van der Waals surface area contributed by atoms with Crippen LogP contribution in [0.4, 0.5) is 5.69 Å². The number of benzene rings is 1. The summed E-state index contributed by atoms with van der Waals surface area (Å²) >= 11 is 0. The molecule has 1 aromatic rings. The summed E-state index contributed by atoms with van der Waals surface area (Å²) in [6.45, 7) is 4.33. The number of piperidine rings is 1. The third-order valence-electron chi connectivity index (χ3n) is 7.10. The van der Waals surface area contributed by atoms with Crippen molar-refractivity contribution >= 4 is 11.7 Å². The van der Waals surface area contributed by atoms with Crippen LogP contribution in [0, 0.1) is 5.41 Å². The molecule has 0 spiro atoms. The summed E-state index contributed by atoms with van der Waals surface area (Å²) in [5.41, 5.74) is 2.95. The highest BCUT2D eigenvalue weighted by Crippen LogP contribution is 2.62. The van der Waals surface area contributed by atoms with E-state index in [9.17, 15) is 9.90 Å². The number of ether oxygens (including phenoxy) is 1. The van der Waals surface area contributed by atoms with Gasteiger partial charge in [0.05, 0.1) is 7.11 Å². The molecule has 0 radical (unpaired) electrons. The molecular weight excluding hydrogens is 328 g/mol. The molecule has 1 saturated heterocycles. The molecule has 0 aromatic heterocycles. The molecule has 5 nitrogen and oxygen atoms in total. The lowest BCUT2D eigenvalue weighted by Crippen LogP contribution is -2.64. The average molecular weight is 354 g/mol. The van der Waals surface area contributed by atoms with Crippen LogP contribution in [-0.4, -0.2) is 41.9 Å². The van der Waals surface area contributed by atoms with Gasteiger partial charge in [0.15, 0.2) is 0 Å². The number of para-hydroxylation sites is 1. The van der Waals surface area contributed by atoms with Crippen molar-refractivity contribution in [3.63, 3.8) is 0 Å². The summed E-state index contributed by atoms with van der Waals surface area (Å²) in [4.78, 5) is 17.3. The lowest BCUT2D eigenvalue weighted by molar-refractivity contribution is -0.167. The molecule has 4 heterocycles. The Labute approximate surface area is 154 Å².